The molecular weight excluding hydrogens is 346 g/mol. The molecule has 6 heteroatoms. The minimum atomic E-state index is -2.94. The average Bonchev–Trinajstić information content (AvgIpc) is 2.55. The highest BCUT2D eigenvalue weighted by Crippen LogP contribution is 2.21. The molecule has 148 valence electrons. The Labute approximate surface area is 159 Å². The summed E-state index contributed by atoms with van der Waals surface area (Å²) in [6.45, 7) is 12.6. The number of benzene rings is 1. The molecule has 0 bridgehead atoms. The first-order valence-electron chi connectivity index (χ1n) is 9.29. The Morgan fingerprint density at radius 2 is 1.96 bits per heavy atom. The van der Waals surface area contributed by atoms with Gasteiger partial charge in [0, 0.05) is 25.9 Å². The standard InChI is InChI=1S/C20H35N3O2S/c1-7-21-19(23-15-20(4,5)11-12-26(6,24)25)22-14-17(3)18-10-8-9-16(2)13-18/h8-10,13,17H,7,11-12,14-15H2,1-6H3,(H2,21,22,23). The molecule has 0 amide bonds. The van der Waals surface area contributed by atoms with E-state index in [9.17, 15) is 8.42 Å². The maximum Gasteiger partial charge on any atom is 0.191 e. The number of sulfone groups is 1. The molecule has 0 heterocycles. The van der Waals surface area contributed by atoms with Crippen LogP contribution in [0, 0.1) is 12.3 Å². The average molecular weight is 382 g/mol. The van der Waals surface area contributed by atoms with Crippen LogP contribution < -0.4 is 10.6 Å². The summed E-state index contributed by atoms with van der Waals surface area (Å²) < 4.78 is 22.8. The molecular formula is C20H35N3O2S. The van der Waals surface area contributed by atoms with Crippen molar-refractivity contribution in [1.82, 2.24) is 10.6 Å². The van der Waals surface area contributed by atoms with Gasteiger partial charge in [-0.15, -0.1) is 0 Å². The fourth-order valence-corrected chi connectivity index (χ4v) is 3.44. The predicted octanol–water partition coefficient (Wildman–Crippen LogP) is 3.11. The van der Waals surface area contributed by atoms with Crippen LogP contribution in [0.25, 0.3) is 0 Å². The summed E-state index contributed by atoms with van der Waals surface area (Å²) in [6, 6.07) is 8.56. The second-order valence-electron chi connectivity index (χ2n) is 7.94. The van der Waals surface area contributed by atoms with Gasteiger partial charge in [-0.05, 0) is 37.2 Å². The van der Waals surface area contributed by atoms with E-state index in [-0.39, 0.29) is 11.2 Å². The number of nitrogens with one attached hydrogen (secondary N) is 2. The van der Waals surface area contributed by atoms with E-state index in [0.29, 0.717) is 18.9 Å². The number of hydrogen-bond acceptors (Lipinski definition) is 3. The number of guanidine groups is 1. The van der Waals surface area contributed by atoms with Crippen LogP contribution >= 0.6 is 0 Å². The summed E-state index contributed by atoms with van der Waals surface area (Å²) in [5.74, 6) is 1.35. The van der Waals surface area contributed by atoms with Crippen molar-refractivity contribution in [2.45, 2.75) is 47.0 Å². The minimum absolute atomic E-state index is 0.159. The van der Waals surface area contributed by atoms with Gasteiger partial charge in [-0.1, -0.05) is 50.6 Å². The topological polar surface area (TPSA) is 70.6 Å². The first-order valence-corrected chi connectivity index (χ1v) is 11.3. The first-order chi connectivity index (χ1) is 12.0. The summed E-state index contributed by atoms with van der Waals surface area (Å²) in [4.78, 5) is 4.67. The third-order valence-corrected chi connectivity index (χ3v) is 5.29. The van der Waals surface area contributed by atoms with Crippen LogP contribution in [0.3, 0.4) is 0 Å². The lowest BCUT2D eigenvalue weighted by atomic mass is 9.90. The Kier molecular flexibility index (Phi) is 8.60. The van der Waals surface area contributed by atoms with E-state index in [1.165, 1.54) is 17.4 Å². The second kappa shape index (κ2) is 9.95. The van der Waals surface area contributed by atoms with Crippen molar-refractivity contribution in [2.75, 3.05) is 31.6 Å². The van der Waals surface area contributed by atoms with Gasteiger partial charge in [0.1, 0.15) is 9.84 Å². The van der Waals surface area contributed by atoms with Gasteiger partial charge in [0.15, 0.2) is 5.96 Å². The Bertz CT molecular complexity index is 697. The zero-order valence-electron chi connectivity index (χ0n) is 17.1. The Hall–Kier alpha value is -1.56. The number of aryl methyl sites for hydroxylation is 1. The molecule has 1 unspecified atom stereocenters. The SMILES string of the molecule is CCNC(=NCC(C)(C)CCS(C)(=O)=O)NCC(C)c1cccc(C)c1. The summed E-state index contributed by atoms with van der Waals surface area (Å²) in [5.41, 5.74) is 2.41. The van der Waals surface area contributed by atoms with E-state index in [1.807, 2.05) is 6.92 Å². The fourth-order valence-electron chi connectivity index (χ4n) is 2.52. The third kappa shape index (κ3) is 9.22. The van der Waals surface area contributed by atoms with E-state index in [4.69, 9.17) is 0 Å². The molecule has 1 aromatic carbocycles. The molecule has 5 nitrogen and oxygen atoms in total. The summed E-state index contributed by atoms with van der Waals surface area (Å²) in [6.07, 6.45) is 1.89. The largest absolute Gasteiger partial charge is 0.357 e. The molecule has 0 saturated carbocycles. The molecule has 1 rings (SSSR count). The van der Waals surface area contributed by atoms with Crippen LogP contribution in [0.2, 0.25) is 0 Å². The van der Waals surface area contributed by atoms with Gasteiger partial charge in [-0.2, -0.15) is 0 Å². The van der Waals surface area contributed by atoms with E-state index in [2.05, 4.69) is 67.6 Å². The van der Waals surface area contributed by atoms with Crippen LogP contribution in [-0.2, 0) is 9.84 Å². The van der Waals surface area contributed by atoms with Crippen molar-refractivity contribution < 1.29 is 8.42 Å². The molecule has 1 aromatic rings. The second-order valence-corrected chi connectivity index (χ2v) is 10.2. The van der Waals surface area contributed by atoms with Crippen molar-refractivity contribution in [3.05, 3.63) is 35.4 Å². The van der Waals surface area contributed by atoms with Gasteiger partial charge in [0.25, 0.3) is 0 Å². The molecule has 0 aliphatic rings. The van der Waals surface area contributed by atoms with Crippen molar-refractivity contribution in [1.29, 1.82) is 0 Å². The van der Waals surface area contributed by atoms with Crippen LogP contribution in [0.1, 0.15) is 51.2 Å². The predicted molar refractivity (Wildman–Crippen MR) is 112 cm³/mol. The van der Waals surface area contributed by atoms with E-state index in [0.717, 1.165) is 19.0 Å². The van der Waals surface area contributed by atoms with Crippen LogP contribution in [0.5, 0.6) is 0 Å². The van der Waals surface area contributed by atoms with Gasteiger partial charge in [0.05, 0.1) is 5.75 Å². The molecule has 0 fully saturated rings. The van der Waals surface area contributed by atoms with Crippen molar-refractivity contribution >= 4 is 15.8 Å². The fraction of sp³-hybridized carbons (Fsp3) is 0.650. The van der Waals surface area contributed by atoms with E-state index >= 15 is 0 Å². The Morgan fingerprint density at radius 3 is 2.54 bits per heavy atom. The van der Waals surface area contributed by atoms with Crippen LogP contribution in [-0.4, -0.2) is 46.0 Å². The van der Waals surface area contributed by atoms with Crippen molar-refractivity contribution in [3.63, 3.8) is 0 Å². The highest BCUT2D eigenvalue weighted by Gasteiger charge is 2.20. The number of nitrogens with zero attached hydrogens (tertiary/aromatic N) is 1. The number of aliphatic imine (C=N–C) groups is 1. The molecule has 0 aliphatic carbocycles. The zero-order valence-corrected chi connectivity index (χ0v) is 17.9. The highest BCUT2D eigenvalue weighted by atomic mass is 32.2. The van der Waals surface area contributed by atoms with Crippen LogP contribution in [0.15, 0.2) is 29.3 Å². The lowest BCUT2D eigenvalue weighted by Crippen LogP contribution is -2.39. The molecule has 0 aromatic heterocycles. The highest BCUT2D eigenvalue weighted by molar-refractivity contribution is 7.90. The minimum Gasteiger partial charge on any atom is -0.357 e. The molecule has 0 saturated heterocycles. The lowest BCUT2D eigenvalue weighted by molar-refractivity contribution is 0.365. The van der Waals surface area contributed by atoms with Crippen LogP contribution in [0.4, 0.5) is 0 Å². The maximum absolute atomic E-state index is 11.4. The first kappa shape index (κ1) is 22.5. The van der Waals surface area contributed by atoms with Gasteiger partial charge in [0.2, 0.25) is 0 Å². The molecule has 2 N–H and O–H groups in total. The van der Waals surface area contributed by atoms with Crippen molar-refractivity contribution in [2.24, 2.45) is 10.4 Å². The molecule has 0 radical (unpaired) electrons. The van der Waals surface area contributed by atoms with Crippen molar-refractivity contribution in [3.8, 4) is 0 Å². The maximum atomic E-state index is 11.4. The van der Waals surface area contributed by atoms with E-state index < -0.39 is 9.84 Å². The van der Waals surface area contributed by atoms with E-state index in [1.54, 1.807) is 0 Å². The Balaban J connectivity index is 2.65. The monoisotopic (exact) mass is 381 g/mol. The normalized spacial score (nSPS) is 14.2. The zero-order chi connectivity index (χ0) is 19.8. The summed E-state index contributed by atoms with van der Waals surface area (Å²) >= 11 is 0. The smallest absolute Gasteiger partial charge is 0.191 e. The van der Waals surface area contributed by atoms with Gasteiger partial charge < -0.3 is 10.6 Å². The quantitative estimate of drug-likeness (QED) is 0.509. The van der Waals surface area contributed by atoms with Gasteiger partial charge in [-0.25, -0.2) is 8.42 Å². The lowest BCUT2D eigenvalue weighted by Gasteiger charge is -2.23. The van der Waals surface area contributed by atoms with Gasteiger partial charge in [-0.3, -0.25) is 4.99 Å². The molecule has 0 spiro atoms. The Morgan fingerprint density at radius 1 is 1.27 bits per heavy atom. The third-order valence-electron chi connectivity index (χ3n) is 4.35. The summed E-state index contributed by atoms with van der Waals surface area (Å²) in [7, 11) is -2.94. The molecule has 1 atom stereocenters. The number of rotatable bonds is 9. The molecule has 0 aliphatic heterocycles. The van der Waals surface area contributed by atoms with Gasteiger partial charge >= 0.3 is 0 Å². The summed E-state index contributed by atoms with van der Waals surface area (Å²) in [5, 5.41) is 6.67. The number of hydrogen-bond donors (Lipinski definition) is 2. The molecule has 26 heavy (non-hydrogen) atoms.